The first-order chi connectivity index (χ1) is 14.8. The van der Waals surface area contributed by atoms with Gasteiger partial charge in [0.2, 0.25) is 0 Å². The largest absolute Gasteiger partial charge is 0.390 e. The Kier molecular flexibility index (Phi) is 6.29. The van der Waals surface area contributed by atoms with Crippen molar-refractivity contribution in [1.29, 1.82) is 0 Å². The van der Waals surface area contributed by atoms with Crippen molar-refractivity contribution in [3.8, 4) is 0 Å². The molecule has 1 heterocycles. The molecule has 3 aromatic rings. The number of amides is 2. The van der Waals surface area contributed by atoms with Crippen LogP contribution in [0.25, 0.3) is 11.0 Å². The molecule has 2 amide bonds. The van der Waals surface area contributed by atoms with Crippen molar-refractivity contribution >= 4 is 33.0 Å². The van der Waals surface area contributed by atoms with Crippen LogP contribution >= 0.6 is 15.9 Å². The van der Waals surface area contributed by atoms with E-state index in [2.05, 4.69) is 36.5 Å². The number of carbonyl (C=O) groups excluding carboxylic acids is 1. The second-order valence-corrected chi connectivity index (χ2v) is 9.39. The molecule has 1 atom stereocenters. The number of aromatic amines is 1. The zero-order chi connectivity index (χ0) is 22.0. The van der Waals surface area contributed by atoms with Crippen molar-refractivity contribution in [2.75, 3.05) is 0 Å². The Bertz CT molecular complexity index is 1040. The van der Waals surface area contributed by atoms with Gasteiger partial charge in [0.25, 0.3) is 0 Å². The van der Waals surface area contributed by atoms with Crippen molar-refractivity contribution < 1.29 is 14.3 Å². The number of halogens is 2. The molecule has 4 rings (SSSR count). The van der Waals surface area contributed by atoms with E-state index in [4.69, 9.17) is 0 Å². The van der Waals surface area contributed by atoms with Crippen LogP contribution in [0.5, 0.6) is 0 Å². The number of aliphatic hydroxyl groups is 1. The highest BCUT2D eigenvalue weighted by Crippen LogP contribution is 2.28. The lowest BCUT2D eigenvalue weighted by molar-refractivity contribution is 0.0151. The fourth-order valence-electron chi connectivity index (χ4n) is 4.03. The number of nitrogens with one attached hydrogen (secondary N) is 3. The van der Waals surface area contributed by atoms with Gasteiger partial charge in [-0.2, -0.15) is 0 Å². The van der Waals surface area contributed by atoms with Crippen LogP contribution in [0.3, 0.4) is 0 Å². The van der Waals surface area contributed by atoms with Crippen molar-refractivity contribution in [1.82, 2.24) is 20.6 Å². The second-order valence-electron chi connectivity index (χ2n) is 8.53. The Labute approximate surface area is 188 Å². The minimum absolute atomic E-state index is 0.0154. The molecule has 31 heavy (non-hydrogen) atoms. The number of nitrogens with zero attached hydrogens (tertiary/aromatic N) is 1. The van der Waals surface area contributed by atoms with E-state index in [1.165, 1.54) is 6.07 Å². The Morgan fingerprint density at radius 3 is 2.77 bits per heavy atom. The van der Waals surface area contributed by atoms with Crippen molar-refractivity contribution in [3.63, 3.8) is 0 Å². The zero-order valence-electron chi connectivity index (χ0n) is 17.3. The summed E-state index contributed by atoms with van der Waals surface area (Å²) in [4.78, 5) is 20.7. The molecule has 1 saturated carbocycles. The Hall–Kier alpha value is -2.45. The predicted octanol–water partition coefficient (Wildman–Crippen LogP) is 4.74. The lowest BCUT2D eigenvalue weighted by atomic mass is 9.84. The zero-order valence-corrected chi connectivity index (χ0v) is 18.9. The van der Waals surface area contributed by atoms with E-state index in [9.17, 15) is 14.3 Å². The summed E-state index contributed by atoms with van der Waals surface area (Å²) in [5.41, 5.74) is 1.78. The number of imidazole rings is 1. The summed E-state index contributed by atoms with van der Waals surface area (Å²) in [6.45, 7) is 1.83. The third-order valence-corrected chi connectivity index (χ3v) is 6.51. The summed E-state index contributed by atoms with van der Waals surface area (Å²) in [5.74, 6) is 0.269. The van der Waals surface area contributed by atoms with Crippen LogP contribution in [-0.2, 0) is 6.42 Å². The fourth-order valence-corrected chi connectivity index (χ4v) is 4.27. The quantitative estimate of drug-likeness (QED) is 0.418. The minimum atomic E-state index is -0.656. The normalized spacial score (nSPS) is 22.3. The van der Waals surface area contributed by atoms with Crippen molar-refractivity contribution in [2.24, 2.45) is 0 Å². The highest BCUT2D eigenvalue weighted by atomic mass is 79.9. The molecule has 8 heteroatoms. The number of aromatic nitrogens is 2. The molecule has 1 aliphatic rings. The lowest BCUT2D eigenvalue weighted by Gasteiger charge is -2.33. The van der Waals surface area contributed by atoms with Gasteiger partial charge in [0.15, 0.2) is 0 Å². The molecule has 4 N–H and O–H groups in total. The summed E-state index contributed by atoms with van der Waals surface area (Å²) < 4.78 is 14.4. The van der Waals surface area contributed by atoms with Gasteiger partial charge in [-0.3, -0.25) is 0 Å². The van der Waals surface area contributed by atoms with E-state index >= 15 is 0 Å². The Morgan fingerprint density at radius 1 is 1.32 bits per heavy atom. The Morgan fingerprint density at radius 2 is 2.06 bits per heavy atom. The topological polar surface area (TPSA) is 90.0 Å². The fraction of sp³-hybridized carbons (Fsp3) is 0.391. The van der Waals surface area contributed by atoms with E-state index < -0.39 is 11.6 Å². The van der Waals surface area contributed by atoms with Gasteiger partial charge in [0.1, 0.15) is 11.6 Å². The molecule has 164 valence electrons. The molecular formula is C23H26BrFN4O2. The van der Waals surface area contributed by atoms with Crippen LogP contribution in [0, 0.1) is 5.82 Å². The molecule has 0 bridgehead atoms. The summed E-state index contributed by atoms with van der Waals surface area (Å²) in [6.07, 6.45) is 3.16. The number of urea groups is 1. The van der Waals surface area contributed by atoms with Crippen molar-refractivity contribution in [2.45, 2.75) is 56.7 Å². The second kappa shape index (κ2) is 8.96. The van der Waals surface area contributed by atoms with Gasteiger partial charge in [0, 0.05) is 12.5 Å². The molecule has 0 saturated heterocycles. The molecule has 0 unspecified atom stereocenters. The number of rotatable bonds is 5. The first-order valence-corrected chi connectivity index (χ1v) is 11.3. The first-order valence-electron chi connectivity index (χ1n) is 10.5. The minimum Gasteiger partial charge on any atom is -0.390 e. The van der Waals surface area contributed by atoms with Crippen molar-refractivity contribution in [3.05, 3.63) is 64.1 Å². The van der Waals surface area contributed by atoms with E-state index in [-0.39, 0.29) is 17.9 Å². The van der Waals surface area contributed by atoms with Gasteiger partial charge in [-0.05, 0) is 78.4 Å². The number of carbonyl (C=O) groups is 1. The molecule has 0 radical (unpaired) electrons. The van der Waals surface area contributed by atoms with E-state index in [0.29, 0.717) is 29.6 Å². The molecule has 2 aromatic carbocycles. The number of hydrogen-bond donors (Lipinski definition) is 4. The summed E-state index contributed by atoms with van der Waals surface area (Å²) in [7, 11) is 0. The number of benzene rings is 2. The number of para-hydroxylation sites is 2. The van der Waals surface area contributed by atoms with Gasteiger partial charge in [0.05, 0.1) is 27.1 Å². The van der Waals surface area contributed by atoms with Gasteiger partial charge in [-0.1, -0.05) is 18.2 Å². The molecule has 6 nitrogen and oxygen atoms in total. The molecule has 1 aliphatic carbocycles. The first kappa shape index (κ1) is 21.8. The van der Waals surface area contributed by atoms with E-state index in [1.807, 2.05) is 37.3 Å². The SMILES string of the molecule is CC1(O)CCC(NC(=O)N[C@H](Cc2ccc(Br)c(F)c2)c2nc3ccccc3[nH]2)CC1. The van der Waals surface area contributed by atoms with Crippen LogP contribution < -0.4 is 10.6 Å². The van der Waals surface area contributed by atoms with Crippen LogP contribution in [-0.4, -0.2) is 32.7 Å². The van der Waals surface area contributed by atoms with Gasteiger partial charge in [-0.25, -0.2) is 14.2 Å². The lowest BCUT2D eigenvalue weighted by Crippen LogP contribution is -2.47. The average molecular weight is 489 g/mol. The average Bonchev–Trinajstić information content (AvgIpc) is 3.16. The smallest absolute Gasteiger partial charge is 0.315 e. The van der Waals surface area contributed by atoms with E-state index in [1.54, 1.807) is 6.07 Å². The Balaban J connectivity index is 1.51. The van der Waals surface area contributed by atoms with Crippen LogP contribution in [0.15, 0.2) is 46.9 Å². The van der Waals surface area contributed by atoms with Crippen LogP contribution in [0.2, 0.25) is 0 Å². The molecule has 0 spiro atoms. The van der Waals surface area contributed by atoms with Crippen LogP contribution in [0.4, 0.5) is 9.18 Å². The molecule has 0 aliphatic heterocycles. The van der Waals surface area contributed by atoms with Crippen LogP contribution in [0.1, 0.15) is 50.0 Å². The maximum Gasteiger partial charge on any atom is 0.315 e. The third kappa shape index (κ3) is 5.43. The maximum absolute atomic E-state index is 14.0. The number of H-pyrrole nitrogens is 1. The highest BCUT2D eigenvalue weighted by Gasteiger charge is 2.30. The molecule has 1 aromatic heterocycles. The van der Waals surface area contributed by atoms with Gasteiger partial charge in [-0.15, -0.1) is 0 Å². The maximum atomic E-state index is 14.0. The highest BCUT2D eigenvalue weighted by molar-refractivity contribution is 9.10. The number of hydrogen-bond acceptors (Lipinski definition) is 3. The standard InChI is InChI=1S/C23H26BrFN4O2/c1-23(31)10-8-15(9-11-23)26-22(30)29-20(13-14-6-7-16(24)17(25)12-14)21-27-18-4-2-3-5-19(18)28-21/h2-7,12,15,20,31H,8-11,13H2,1H3,(H,27,28)(H2,26,29,30)/t15?,20-,23?/m1/s1. The molecular weight excluding hydrogens is 463 g/mol. The van der Waals surface area contributed by atoms with Gasteiger partial charge >= 0.3 is 6.03 Å². The summed E-state index contributed by atoms with van der Waals surface area (Å²) in [5, 5.41) is 16.1. The summed E-state index contributed by atoms with van der Waals surface area (Å²) in [6, 6.07) is 11.9. The molecule has 1 fully saturated rings. The number of fused-ring (bicyclic) bond motifs is 1. The predicted molar refractivity (Wildman–Crippen MR) is 121 cm³/mol. The van der Waals surface area contributed by atoms with E-state index in [0.717, 1.165) is 29.4 Å². The third-order valence-electron chi connectivity index (χ3n) is 5.86. The monoisotopic (exact) mass is 488 g/mol. The van der Waals surface area contributed by atoms with Gasteiger partial charge < -0.3 is 20.7 Å². The summed E-state index contributed by atoms with van der Waals surface area (Å²) >= 11 is 3.18.